The lowest BCUT2D eigenvalue weighted by atomic mass is 9.97. The van der Waals surface area contributed by atoms with Gasteiger partial charge < -0.3 is 15.2 Å². The molecule has 4 nitrogen and oxygen atoms in total. The number of rotatable bonds is 11. The fourth-order valence-electron chi connectivity index (χ4n) is 3.51. The Morgan fingerprint density at radius 3 is 2.39 bits per heavy atom. The lowest BCUT2D eigenvalue weighted by Crippen LogP contribution is -2.20. The third-order valence-electron chi connectivity index (χ3n) is 5.63. The Bertz CT molecular complexity index is 1030. The summed E-state index contributed by atoms with van der Waals surface area (Å²) in [5.74, 6) is -0.996. The van der Waals surface area contributed by atoms with Gasteiger partial charge in [0.2, 0.25) is 0 Å². The van der Waals surface area contributed by atoms with Gasteiger partial charge in [-0.1, -0.05) is 56.3 Å². The van der Waals surface area contributed by atoms with Crippen molar-refractivity contribution < 1.29 is 19.0 Å². The SMILES string of the molecule is C=C/C(=C\C(NC(CC)c1ccc(-c2cc(OC)ccc2F)cc1)=C(C)C)CC(C)C(=O)O. The van der Waals surface area contributed by atoms with E-state index in [1.165, 1.54) is 6.07 Å². The molecule has 2 aromatic rings. The highest BCUT2D eigenvalue weighted by Crippen LogP contribution is 2.29. The first-order valence-electron chi connectivity index (χ1n) is 11.1. The third kappa shape index (κ3) is 7.07. The van der Waals surface area contributed by atoms with Crippen molar-refractivity contribution in [2.45, 2.75) is 46.6 Å². The average Bonchev–Trinajstić information content (AvgIpc) is 2.81. The van der Waals surface area contributed by atoms with Crippen LogP contribution in [0.15, 0.2) is 78.0 Å². The number of hydrogen-bond acceptors (Lipinski definition) is 3. The van der Waals surface area contributed by atoms with Crippen molar-refractivity contribution in [3.05, 3.63) is 89.4 Å². The molecule has 0 aliphatic carbocycles. The molecule has 5 heteroatoms. The van der Waals surface area contributed by atoms with Gasteiger partial charge in [0, 0.05) is 11.3 Å². The van der Waals surface area contributed by atoms with Crippen LogP contribution in [0.5, 0.6) is 5.75 Å². The van der Waals surface area contributed by atoms with Crippen LogP contribution in [-0.2, 0) is 4.79 Å². The Kier molecular flexibility index (Phi) is 9.46. The Morgan fingerprint density at radius 2 is 1.88 bits per heavy atom. The highest BCUT2D eigenvalue weighted by atomic mass is 19.1. The zero-order chi connectivity index (χ0) is 24.5. The van der Waals surface area contributed by atoms with Gasteiger partial charge in [0.05, 0.1) is 19.1 Å². The summed E-state index contributed by atoms with van der Waals surface area (Å²) in [7, 11) is 1.56. The fourth-order valence-corrected chi connectivity index (χ4v) is 3.51. The number of carbonyl (C=O) groups is 1. The van der Waals surface area contributed by atoms with Gasteiger partial charge in [0.15, 0.2) is 0 Å². The molecule has 2 unspecified atom stereocenters. The van der Waals surface area contributed by atoms with Gasteiger partial charge in [-0.15, -0.1) is 0 Å². The molecule has 2 rings (SSSR count). The van der Waals surface area contributed by atoms with Crippen LogP contribution >= 0.6 is 0 Å². The van der Waals surface area contributed by atoms with Crippen molar-refractivity contribution in [1.82, 2.24) is 5.32 Å². The first-order valence-corrected chi connectivity index (χ1v) is 11.1. The molecule has 0 amide bonds. The number of aliphatic carboxylic acids is 1. The number of hydrogen-bond donors (Lipinski definition) is 2. The van der Waals surface area contributed by atoms with Gasteiger partial charge >= 0.3 is 5.97 Å². The summed E-state index contributed by atoms with van der Waals surface area (Å²) in [6.45, 7) is 11.7. The van der Waals surface area contributed by atoms with Gasteiger partial charge in [-0.3, -0.25) is 4.79 Å². The molecule has 0 saturated heterocycles. The highest BCUT2D eigenvalue weighted by Gasteiger charge is 2.15. The van der Waals surface area contributed by atoms with Crippen LogP contribution < -0.4 is 10.1 Å². The number of nitrogens with one attached hydrogen (secondary N) is 1. The van der Waals surface area contributed by atoms with E-state index in [9.17, 15) is 14.3 Å². The summed E-state index contributed by atoms with van der Waals surface area (Å²) in [6, 6.07) is 12.6. The number of methoxy groups -OCH3 is 1. The summed E-state index contributed by atoms with van der Waals surface area (Å²) in [5, 5.41) is 12.8. The van der Waals surface area contributed by atoms with Crippen molar-refractivity contribution in [1.29, 1.82) is 0 Å². The quantitative estimate of drug-likeness (QED) is 0.359. The lowest BCUT2D eigenvalue weighted by molar-refractivity contribution is -0.141. The molecular weight excluding hydrogens is 417 g/mol. The molecule has 0 radical (unpaired) electrons. The van der Waals surface area contributed by atoms with Gasteiger partial charge in [-0.05, 0) is 67.7 Å². The third-order valence-corrected chi connectivity index (χ3v) is 5.63. The van der Waals surface area contributed by atoms with E-state index in [0.29, 0.717) is 17.7 Å². The van der Waals surface area contributed by atoms with Crippen LogP contribution in [0.1, 0.15) is 52.1 Å². The van der Waals surface area contributed by atoms with Crippen LogP contribution in [0.3, 0.4) is 0 Å². The maximum Gasteiger partial charge on any atom is 0.306 e. The second-order valence-electron chi connectivity index (χ2n) is 8.35. The number of halogens is 1. The van der Waals surface area contributed by atoms with Crippen LogP contribution in [0, 0.1) is 11.7 Å². The molecular formula is C28H34FNO3. The van der Waals surface area contributed by atoms with Crippen LogP contribution in [0.2, 0.25) is 0 Å². The number of carboxylic acid groups (broad SMARTS) is 1. The maximum absolute atomic E-state index is 14.3. The average molecular weight is 452 g/mol. The zero-order valence-corrected chi connectivity index (χ0v) is 20.1. The molecule has 0 aliphatic heterocycles. The first kappa shape index (κ1) is 25.9. The summed E-state index contributed by atoms with van der Waals surface area (Å²) in [6.07, 6.45) is 4.94. The Hall–Kier alpha value is -3.34. The van der Waals surface area contributed by atoms with E-state index < -0.39 is 11.9 Å². The maximum atomic E-state index is 14.3. The highest BCUT2D eigenvalue weighted by molar-refractivity contribution is 5.70. The van der Waals surface area contributed by atoms with E-state index in [1.807, 2.05) is 44.2 Å². The standard InChI is InChI=1S/C28H34FNO3/c1-7-20(15-19(5)28(31)32)16-27(18(3)4)30-26(8-2)22-11-9-21(10-12-22)24-17-23(33-6)13-14-25(24)29/h7,9-14,16-17,19,26,30H,1,8,15H2,2-6H3,(H,31,32)/b20-16+. The van der Waals surface area contributed by atoms with Crippen LogP contribution in [0.25, 0.3) is 11.1 Å². The van der Waals surface area contributed by atoms with E-state index >= 15 is 0 Å². The van der Waals surface area contributed by atoms with Crippen molar-refractivity contribution in [2.24, 2.45) is 5.92 Å². The summed E-state index contributed by atoms with van der Waals surface area (Å²) >= 11 is 0. The summed E-state index contributed by atoms with van der Waals surface area (Å²) in [4.78, 5) is 11.2. The molecule has 0 spiro atoms. The number of ether oxygens (including phenoxy) is 1. The van der Waals surface area contributed by atoms with E-state index in [1.54, 1.807) is 32.2 Å². The molecule has 0 bridgehead atoms. The van der Waals surface area contributed by atoms with Crippen LogP contribution in [0.4, 0.5) is 4.39 Å². The van der Waals surface area contributed by atoms with Gasteiger partial charge in [-0.25, -0.2) is 4.39 Å². The molecule has 0 fully saturated rings. The monoisotopic (exact) mass is 451 g/mol. The largest absolute Gasteiger partial charge is 0.497 e. The normalized spacial score (nSPS) is 13.1. The van der Waals surface area contributed by atoms with Gasteiger partial charge in [-0.2, -0.15) is 0 Å². The first-order chi connectivity index (χ1) is 15.7. The fraction of sp³-hybridized carbons (Fsp3) is 0.321. The predicted molar refractivity (Wildman–Crippen MR) is 133 cm³/mol. The van der Waals surface area contributed by atoms with Gasteiger partial charge in [0.1, 0.15) is 11.6 Å². The molecule has 33 heavy (non-hydrogen) atoms. The molecule has 0 saturated carbocycles. The molecule has 176 valence electrons. The van der Waals surface area contributed by atoms with Crippen molar-refractivity contribution in [3.63, 3.8) is 0 Å². The van der Waals surface area contributed by atoms with E-state index in [-0.39, 0.29) is 11.9 Å². The van der Waals surface area contributed by atoms with Gasteiger partial charge in [0.25, 0.3) is 0 Å². The minimum atomic E-state index is -0.826. The van der Waals surface area contributed by atoms with Crippen molar-refractivity contribution >= 4 is 5.97 Å². The predicted octanol–water partition coefficient (Wildman–Crippen LogP) is 7.06. The number of allylic oxidation sites excluding steroid dienone is 4. The van der Waals surface area contributed by atoms with Crippen molar-refractivity contribution in [2.75, 3.05) is 7.11 Å². The Balaban J connectivity index is 2.28. The molecule has 2 N–H and O–H groups in total. The molecule has 0 aromatic heterocycles. The van der Waals surface area contributed by atoms with Crippen molar-refractivity contribution in [3.8, 4) is 16.9 Å². The Labute approximate surface area is 196 Å². The zero-order valence-electron chi connectivity index (χ0n) is 20.1. The number of carboxylic acids is 1. The van der Waals surface area contributed by atoms with E-state index in [4.69, 9.17) is 4.74 Å². The molecule has 2 atom stereocenters. The molecule has 0 aliphatic rings. The second-order valence-corrected chi connectivity index (χ2v) is 8.35. The molecule has 2 aromatic carbocycles. The van der Waals surface area contributed by atoms with E-state index in [0.717, 1.165) is 34.4 Å². The topological polar surface area (TPSA) is 58.6 Å². The molecule has 0 heterocycles. The second kappa shape index (κ2) is 12.0. The van der Waals surface area contributed by atoms with Crippen LogP contribution in [-0.4, -0.2) is 18.2 Å². The number of benzene rings is 2. The van der Waals surface area contributed by atoms with E-state index in [2.05, 4.69) is 18.8 Å². The lowest BCUT2D eigenvalue weighted by Gasteiger charge is -2.22. The minimum Gasteiger partial charge on any atom is -0.497 e. The summed E-state index contributed by atoms with van der Waals surface area (Å²) < 4.78 is 19.6. The smallest absolute Gasteiger partial charge is 0.306 e. The Morgan fingerprint density at radius 1 is 1.21 bits per heavy atom. The minimum absolute atomic E-state index is 0.0401. The summed E-state index contributed by atoms with van der Waals surface area (Å²) in [5.41, 5.74) is 5.26.